The van der Waals surface area contributed by atoms with Crippen LogP contribution in [0.4, 0.5) is 16.0 Å². The van der Waals surface area contributed by atoms with Crippen LogP contribution in [0, 0.1) is 17.5 Å². The number of ether oxygens (including phenoxy) is 14. The van der Waals surface area contributed by atoms with Crippen molar-refractivity contribution >= 4 is 151 Å². The number of aryl methyl sites for hydroxylation is 7. The predicted octanol–water partition coefficient (Wildman–Crippen LogP) is 23.7. The molecule has 146 heavy (non-hydrogen) atoms. The molecule has 32 nitrogen and oxygen atoms in total. The van der Waals surface area contributed by atoms with E-state index in [-0.39, 0.29) is 136 Å². The molecule has 0 saturated carbocycles. The number of Topliss-reactive ketones (excluding diaryl/α,β-unsaturated/α-hetero) is 3. The molecule has 7 unspecified atom stereocenters. The Morgan fingerprint density at radius 2 is 0.801 bits per heavy atom. The number of rotatable bonds is 29. The van der Waals surface area contributed by atoms with Gasteiger partial charge in [-0.15, -0.1) is 66.8 Å². The van der Waals surface area contributed by atoms with Gasteiger partial charge < -0.3 is 89.1 Å². The zero-order valence-electron chi connectivity index (χ0n) is 83.4. The van der Waals surface area contributed by atoms with E-state index in [1.54, 1.807) is 133 Å². The molecular weight excluding hydrogens is 2140 g/mol. The molecule has 42 heteroatoms. The zero-order valence-corrected chi connectivity index (χ0v) is 96.6. The number of fused-ring (bicyclic) bond motifs is 8. The standard InChI is InChI=1S/C22H20N4O6S.C13H15N3O2S.C12H13BrO3.C12H14O5.C12H16O4.C12H14O3.C8H10O2.6CH5P.6CH4.CH3.Zn/c1-31-17-10-12-7-8-19-20(14(12)11-18(17)32-2)23-22(33-19)25-24-15(21(27)28)9-13-5-3-4-6-16(13)26(29)30;1-17-9-5-7-3-4-11-12(15-13(16-14)19-11)8(7)6-10(9)18-2;1-15-10-5-7-3-4-9(13)12(14)8(7)6-11(10)16-2;1-16-10-5-3-8(7-11(10)17-2)9(13)4-6-12(14)15;1-15-10-7-6-9(8-11(10)16-2)4-3-5-12(13)14;1-14-11-6-8-4-3-5-10(13)9(8)7-12(11)15-2;1-9-7-5-3-4-6-8(7)10-2;6*1-2;;;;;;;;/h3-6,10-11H,7-9H2,1-2H3,(H,23,25)(H,27,28);5-6H,3-4,14H2,1-2H3,(H,15,16);5-6,9H,3-4H2,1-2H3;3,5,7H,4,6H2,1-2H3,(H,14,15);6-8H,3-5H2,1-2H3,(H,13,14);6-7H,3-5H2,1-2H3;3-6H,1-2H3;6*2H2,1H3;6*1H4;1H3;/q;;;;;;;;;;;;;;;;;;;-1;/b24-15+;;;;;;;;;;;;;;;;;;;;. The number of ketones is 3. The number of carbonyl (C=O) groups excluding carboxylic acids is 3. The number of para-hydroxylation sites is 3. The van der Waals surface area contributed by atoms with E-state index >= 15 is 0 Å². The zero-order chi connectivity index (χ0) is 104. The molecule has 0 bridgehead atoms. The van der Waals surface area contributed by atoms with Gasteiger partial charge in [-0.05, 0) is 183 Å². The first-order chi connectivity index (χ1) is 66.7. The van der Waals surface area contributed by atoms with Crippen molar-refractivity contribution < 1.29 is 135 Å². The number of nitrogens with one attached hydrogen (secondary N) is 2. The van der Waals surface area contributed by atoms with Gasteiger partial charge in [0.15, 0.2) is 103 Å². The molecule has 2 heterocycles. The van der Waals surface area contributed by atoms with Crippen molar-refractivity contribution in [2.75, 3.05) is 150 Å². The number of hydrazine groups is 1. The number of nitrogen functional groups attached to an aromatic ring is 1. The van der Waals surface area contributed by atoms with Crippen molar-refractivity contribution in [2.24, 2.45) is 10.9 Å². The largest absolute Gasteiger partial charge is 0.493 e. The second-order valence-corrected chi connectivity index (χ2v) is 30.8. The number of nitrogens with two attached hydrogens (primary N) is 1. The molecule has 0 aliphatic heterocycles. The molecule has 14 rings (SSSR count). The summed E-state index contributed by atoms with van der Waals surface area (Å²) in [6.07, 6.45) is 8.94. The Morgan fingerprint density at radius 3 is 1.21 bits per heavy atom. The number of hydrazone groups is 1. The molecule has 4 aliphatic carbocycles. The molecule has 8 aromatic carbocycles. The summed E-state index contributed by atoms with van der Waals surface area (Å²) >= 11 is 6.37. The van der Waals surface area contributed by atoms with E-state index in [2.05, 4.69) is 97.3 Å². The number of thiazole rings is 2. The molecule has 7 N–H and O–H groups in total. The number of aliphatic carboxylic acids is 3. The van der Waals surface area contributed by atoms with Crippen LogP contribution in [0.2, 0.25) is 0 Å². The fourth-order valence-corrected chi connectivity index (χ4v) is 15.9. The van der Waals surface area contributed by atoms with Crippen molar-refractivity contribution in [1.82, 2.24) is 9.97 Å². The van der Waals surface area contributed by atoms with Gasteiger partial charge >= 0.3 is 17.9 Å². The van der Waals surface area contributed by atoms with Crippen LogP contribution in [0.15, 0.2) is 139 Å². The van der Waals surface area contributed by atoms with E-state index in [4.69, 9.17) is 82.4 Å². The molecule has 10 aromatic rings. The number of carboxylic acids is 3. The normalized spacial score (nSPS) is 11.2. The molecule has 2 aromatic heterocycles. The predicted molar refractivity (Wildman–Crippen MR) is 622 cm³/mol. The fourth-order valence-electron chi connectivity index (χ4n) is 13.6. The maximum Gasteiger partial charge on any atom is 0.352 e. The molecule has 812 valence electrons. The Bertz CT molecular complexity index is 5530. The van der Waals surface area contributed by atoms with Crippen LogP contribution in [0.1, 0.15) is 164 Å². The van der Waals surface area contributed by atoms with Gasteiger partial charge in [0.1, 0.15) is 5.71 Å². The molecule has 0 fully saturated rings. The van der Waals surface area contributed by atoms with Crippen LogP contribution in [0.25, 0.3) is 22.5 Å². The molecule has 4 aliphatic rings. The molecule has 0 radical (unpaired) electrons. The Balaban J connectivity index is -0.000000308. The van der Waals surface area contributed by atoms with E-state index in [1.165, 1.54) is 54.2 Å². The number of benzene rings is 8. The number of hydrogen-bond acceptors (Lipinski definition) is 30. The van der Waals surface area contributed by atoms with Gasteiger partial charge in [0.2, 0.25) is 5.13 Å². The van der Waals surface area contributed by atoms with Gasteiger partial charge in [-0.25, -0.2) is 20.6 Å². The summed E-state index contributed by atoms with van der Waals surface area (Å²) in [6, 6.07) is 39.1. The van der Waals surface area contributed by atoms with Crippen LogP contribution < -0.4 is 83.0 Å². The van der Waals surface area contributed by atoms with Crippen molar-refractivity contribution in [2.45, 2.75) is 146 Å². The van der Waals surface area contributed by atoms with Gasteiger partial charge in [0, 0.05) is 94.4 Å². The van der Waals surface area contributed by atoms with Crippen LogP contribution in [-0.2, 0) is 85.2 Å². The van der Waals surface area contributed by atoms with E-state index < -0.39 is 22.8 Å². The molecular formula is C104H159BrN7O25P6S2Zn-. The average Bonchev–Trinajstić information content (AvgIpc) is 1.63. The van der Waals surface area contributed by atoms with E-state index in [1.807, 2.05) is 119 Å². The summed E-state index contributed by atoms with van der Waals surface area (Å²) in [7, 11) is 36.7. The van der Waals surface area contributed by atoms with Gasteiger partial charge in [0.25, 0.3) is 5.69 Å². The third-order valence-corrected chi connectivity index (χ3v) is 23.0. The molecule has 0 saturated heterocycles. The summed E-state index contributed by atoms with van der Waals surface area (Å²) in [5.74, 6) is 11.8. The number of halogens is 1. The Morgan fingerprint density at radius 1 is 0.445 bits per heavy atom. The third-order valence-electron chi connectivity index (χ3n) is 20.0. The van der Waals surface area contributed by atoms with Crippen molar-refractivity contribution in [3.05, 3.63) is 211 Å². The Labute approximate surface area is 910 Å². The smallest absolute Gasteiger partial charge is 0.352 e. The first-order valence-corrected chi connectivity index (χ1v) is 52.2. The fraction of sp³-hybridized carbons (Fsp3) is 0.404. The average molecular weight is 2300 g/mol. The third kappa shape index (κ3) is 45.2. The minimum absolute atomic E-state index is 0. The number of hydrogen-bond donors (Lipinski definition) is 6. The number of alkyl halides is 1. The number of nitro benzene ring substituents is 1. The van der Waals surface area contributed by atoms with Gasteiger partial charge in [0.05, 0.1) is 127 Å². The van der Waals surface area contributed by atoms with Crippen LogP contribution >= 0.6 is 94.0 Å². The molecule has 0 amide bonds. The Kier molecular flexibility index (Phi) is 84.5. The second kappa shape index (κ2) is 82.9. The van der Waals surface area contributed by atoms with Crippen LogP contribution in [0.5, 0.6) is 80.5 Å². The SMILES string of the molecule is C.C.C.C.C.C.COc1cc2c(cc1OC)-c1nc(N/N=C(\Cc3ccccc3[N+](=O)[O-])C(=O)O)sc1CC2.COc1cc2c(cc1OC)-c1nc(NN)sc1CC2.COc1cc2c(cc1OC)C(=O)C(Br)CC2.COc1cc2c(cc1OC)C(=O)CCC2.COc1ccc(C(=O)CCC(=O)O)cc1OC.COc1ccc(CCCC(=O)O)cc1OC.COc1ccccc1OC.CP.CP.CP.CP.CP.CP.[CH3-].[Zn]. The monoisotopic (exact) mass is 2300 g/mol. The van der Waals surface area contributed by atoms with E-state index in [0.29, 0.717) is 81.0 Å². The topological polar surface area (TPSA) is 424 Å². The maximum absolute atomic E-state index is 11.9. The van der Waals surface area contributed by atoms with Gasteiger partial charge in [-0.3, -0.25) is 44.9 Å². The summed E-state index contributed by atoms with van der Waals surface area (Å²) < 4.78 is 72.7. The summed E-state index contributed by atoms with van der Waals surface area (Å²) in [4.78, 5) is 89.8. The number of nitro groups is 1. The minimum atomic E-state index is -1.27. The number of nitrogens with zero attached hydrogens (tertiary/aromatic N) is 4. The Hall–Kier alpha value is -10.0. The number of carboxylic acid groups (broad SMARTS) is 3. The second-order valence-electron chi connectivity index (χ2n) is 27.5. The van der Waals surface area contributed by atoms with Crippen LogP contribution in [-0.4, -0.2) is 216 Å². The maximum atomic E-state index is 11.9. The van der Waals surface area contributed by atoms with Crippen molar-refractivity contribution in [3.63, 3.8) is 0 Å². The molecule has 0 spiro atoms. The van der Waals surface area contributed by atoms with Gasteiger partial charge in [-0.1, -0.05) is 148 Å². The summed E-state index contributed by atoms with van der Waals surface area (Å²) in [6.45, 7) is 11.5. The minimum Gasteiger partial charge on any atom is -0.493 e. The van der Waals surface area contributed by atoms with Gasteiger partial charge in [-0.2, -0.15) is 5.10 Å². The first kappa shape index (κ1) is 149. The number of methoxy groups -OCH3 is 14. The number of aromatic nitrogens is 2. The van der Waals surface area contributed by atoms with E-state index in [9.17, 15) is 44.0 Å². The van der Waals surface area contributed by atoms with Crippen molar-refractivity contribution in [1.29, 1.82) is 0 Å². The molecule has 7 atom stereocenters. The number of carbonyl (C=O) groups is 6. The van der Waals surface area contributed by atoms with Crippen LogP contribution in [0.3, 0.4) is 0 Å². The summed E-state index contributed by atoms with van der Waals surface area (Å²) in [5, 5.41) is 43.0. The quantitative estimate of drug-likeness (QED) is 0.00292. The van der Waals surface area contributed by atoms with E-state index in [0.717, 1.165) is 147 Å². The first-order valence-electron chi connectivity index (χ1n) is 42.7. The van der Waals surface area contributed by atoms with Crippen molar-refractivity contribution in [3.8, 4) is 103 Å². The summed E-state index contributed by atoms with van der Waals surface area (Å²) in [5.41, 5.74) is 16.5. The number of anilines is 2.